The van der Waals surface area contributed by atoms with E-state index >= 15 is 0 Å². The smallest absolute Gasteiger partial charge is 0.247 e. The number of rotatable bonds is 5. The molecule has 2 aromatic rings. The standard InChI is InChI=1S/C20H26N2O3/c1-15(2)18-13-20(9-12-25-18,14-19(23)22-11-6-10-21-22)16-7-4-5-8-17(16)24-3/h4-8,10-11,15,18H,9,12-14H2,1-3H3. The Balaban J connectivity index is 2.00. The molecule has 0 radical (unpaired) electrons. The molecule has 2 atom stereocenters. The van der Waals surface area contributed by atoms with E-state index in [2.05, 4.69) is 25.0 Å². The molecule has 1 aliphatic heterocycles. The van der Waals surface area contributed by atoms with Crippen LogP contribution in [0.1, 0.15) is 43.5 Å². The van der Waals surface area contributed by atoms with E-state index in [0.717, 1.165) is 24.2 Å². The van der Waals surface area contributed by atoms with Gasteiger partial charge in [0, 0.05) is 36.4 Å². The number of carbonyl (C=O) groups excluding carboxylic acids is 1. The number of ether oxygens (including phenoxy) is 2. The normalized spacial score (nSPS) is 23.6. The third-order valence-corrected chi connectivity index (χ3v) is 5.18. The maximum absolute atomic E-state index is 12.8. The van der Waals surface area contributed by atoms with E-state index in [4.69, 9.17) is 9.47 Å². The fraction of sp³-hybridized carbons (Fsp3) is 0.500. The molecular formula is C20H26N2O3. The van der Waals surface area contributed by atoms with Gasteiger partial charge in [-0.3, -0.25) is 4.79 Å². The Kier molecular flexibility index (Phi) is 5.23. The van der Waals surface area contributed by atoms with Crippen molar-refractivity contribution in [2.24, 2.45) is 5.92 Å². The van der Waals surface area contributed by atoms with Gasteiger partial charge in [-0.15, -0.1) is 0 Å². The van der Waals surface area contributed by atoms with Crippen LogP contribution < -0.4 is 4.74 Å². The molecule has 1 fully saturated rings. The van der Waals surface area contributed by atoms with Crippen molar-refractivity contribution in [2.45, 2.75) is 44.6 Å². The summed E-state index contributed by atoms with van der Waals surface area (Å²) in [5, 5.41) is 4.11. The van der Waals surface area contributed by atoms with Gasteiger partial charge in [-0.1, -0.05) is 32.0 Å². The van der Waals surface area contributed by atoms with Crippen LogP contribution in [0.15, 0.2) is 42.7 Å². The van der Waals surface area contributed by atoms with Gasteiger partial charge in [0.25, 0.3) is 0 Å². The van der Waals surface area contributed by atoms with E-state index < -0.39 is 0 Å². The number of aromatic nitrogens is 2. The first kappa shape index (κ1) is 17.7. The van der Waals surface area contributed by atoms with Gasteiger partial charge in [0.15, 0.2) is 0 Å². The maximum Gasteiger partial charge on any atom is 0.247 e. The molecule has 1 aliphatic rings. The van der Waals surface area contributed by atoms with Gasteiger partial charge in [0.1, 0.15) is 5.75 Å². The molecule has 3 rings (SSSR count). The average molecular weight is 342 g/mol. The van der Waals surface area contributed by atoms with Crippen LogP contribution in [0, 0.1) is 5.92 Å². The summed E-state index contributed by atoms with van der Waals surface area (Å²) in [5.41, 5.74) is 0.787. The molecule has 1 aromatic heterocycles. The third kappa shape index (κ3) is 3.61. The zero-order valence-corrected chi connectivity index (χ0v) is 15.1. The lowest BCUT2D eigenvalue weighted by atomic mass is 9.68. The fourth-order valence-corrected chi connectivity index (χ4v) is 3.75. The van der Waals surface area contributed by atoms with E-state index in [9.17, 15) is 4.79 Å². The Morgan fingerprint density at radius 3 is 2.88 bits per heavy atom. The van der Waals surface area contributed by atoms with Crippen molar-refractivity contribution in [3.63, 3.8) is 0 Å². The van der Waals surface area contributed by atoms with E-state index in [1.807, 2.05) is 18.2 Å². The summed E-state index contributed by atoms with van der Waals surface area (Å²) < 4.78 is 13.0. The highest BCUT2D eigenvalue weighted by Gasteiger charge is 2.43. The number of benzene rings is 1. The minimum atomic E-state index is -0.303. The lowest BCUT2D eigenvalue weighted by molar-refractivity contribution is -0.0461. The minimum Gasteiger partial charge on any atom is -0.496 e. The Hall–Kier alpha value is -2.14. The summed E-state index contributed by atoms with van der Waals surface area (Å²) in [5.74, 6) is 1.23. The predicted molar refractivity (Wildman–Crippen MR) is 96.0 cm³/mol. The number of hydrogen-bond acceptors (Lipinski definition) is 4. The van der Waals surface area contributed by atoms with E-state index in [0.29, 0.717) is 18.9 Å². The highest BCUT2D eigenvalue weighted by Crippen LogP contribution is 2.45. The quantitative estimate of drug-likeness (QED) is 0.831. The number of methoxy groups -OCH3 is 1. The van der Waals surface area contributed by atoms with Crippen molar-refractivity contribution in [1.29, 1.82) is 0 Å². The van der Waals surface area contributed by atoms with Gasteiger partial charge < -0.3 is 9.47 Å². The first-order valence-electron chi connectivity index (χ1n) is 8.84. The van der Waals surface area contributed by atoms with Crippen LogP contribution in [-0.4, -0.2) is 35.5 Å². The van der Waals surface area contributed by atoms with Crippen LogP contribution in [0.3, 0.4) is 0 Å². The molecule has 0 amide bonds. The molecule has 5 nitrogen and oxygen atoms in total. The fourth-order valence-electron chi connectivity index (χ4n) is 3.75. The summed E-state index contributed by atoms with van der Waals surface area (Å²) in [4.78, 5) is 12.8. The molecule has 5 heteroatoms. The van der Waals surface area contributed by atoms with E-state index in [-0.39, 0.29) is 17.4 Å². The van der Waals surface area contributed by atoms with Crippen LogP contribution in [-0.2, 0) is 10.2 Å². The Morgan fingerprint density at radius 1 is 1.40 bits per heavy atom. The molecule has 2 heterocycles. The Morgan fingerprint density at radius 2 is 2.20 bits per heavy atom. The van der Waals surface area contributed by atoms with Crippen LogP contribution >= 0.6 is 0 Å². The largest absolute Gasteiger partial charge is 0.496 e. The van der Waals surface area contributed by atoms with Gasteiger partial charge >= 0.3 is 0 Å². The van der Waals surface area contributed by atoms with Crippen molar-refractivity contribution >= 4 is 5.91 Å². The molecule has 1 aromatic carbocycles. The van der Waals surface area contributed by atoms with Crippen LogP contribution in [0.5, 0.6) is 5.75 Å². The van der Waals surface area contributed by atoms with Crippen molar-refractivity contribution in [1.82, 2.24) is 9.78 Å². The molecule has 0 spiro atoms. The van der Waals surface area contributed by atoms with Crippen LogP contribution in [0.4, 0.5) is 0 Å². The summed E-state index contributed by atoms with van der Waals surface area (Å²) in [7, 11) is 1.68. The monoisotopic (exact) mass is 342 g/mol. The highest BCUT2D eigenvalue weighted by molar-refractivity contribution is 5.79. The molecule has 1 saturated heterocycles. The van der Waals surface area contributed by atoms with Gasteiger partial charge in [-0.25, -0.2) is 4.68 Å². The second-order valence-corrected chi connectivity index (χ2v) is 7.11. The zero-order valence-electron chi connectivity index (χ0n) is 15.1. The average Bonchev–Trinajstić information content (AvgIpc) is 3.16. The van der Waals surface area contributed by atoms with Crippen LogP contribution in [0.2, 0.25) is 0 Å². The van der Waals surface area contributed by atoms with E-state index in [1.165, 1.54) is 4.68 Å². The predicted octanol–water partition coefficient (Wildman–Crippen LogP) is 3.70. The summed E-state index contributed by atoms with van der Waals surface area (Å²) in [6.45, 7) is 4.98. The van der Waals surface area contributed by atoms with E-state index in [1.54, 1.807) is 25.6 Å². The molecule has 0 aliphatic carbocycles. The molecule has 0 N–H and O–H groups in total. The summed E-state index contributed by atoms with van der Waals surface area (Å²) >= 11 is 0. The Labute approximate surface area is 148 Å². The third-order valence-electron chi connectivity index (χ3n) is 5.18. The second-order valence-electron chi connectivity index (χ2n) is 7.11. The first-order valence-corrected chi connectivity index (χ1v) is 8.84. The first-order chi connectivity index (χ1) is 12.1. The maximum atomic E-state index is 12.8. The van der Waals surface area contributed by atoms with Crippen LogP contribution in [0.25, 0.3) is 0 Å². The molecular weight excluding hydrogens is 316 g/mol. The molecule has 0 saturated carbocycles. The Bertz CT molecular complexity index is 711. The highest BCUT2D eigenvalue weighted by atomic mass is 16.5. The van der Waals surface area contributed by atoms with Crippen molar-refractivity contribution in [3.05, 3.63) is 48.3 Å². The summed E-state index contributed by atoms with van der Waals surface area (Å²) in [6, 6.07) is 9.80. The lowest BCUT2D eigenvalue weighted by Crippen LogP contribution is -2.43. The molecule has 134 valence electrons. The van der Waals surface area contributed by atoms with Gasteiger partial charge in [-0.2, -0.15) is 5.10 Å². The van der Waals surface area contributed by atoms with Gasteiger partial charge in [0.2, 0.25) is 5.91 Å². The molecule has 25 heavy (non-hydrogen) atoms. The zero-order chi connectivity index (χ0) is 17.9. The number of hydrogen-bond donors (Lipinski definition) is 0. The van der Waals surface area contributed by atoms with Crippen molar-refractivity contribution in [3.8, 4) is 5.75 Å². The molecule has 0 bridgehead atoms. The summed E-state index contributed by atoms with van der Waals surface area (Å²) in [6.07, 6.45) is 5.46. The van der Waals surface area contributed by atoms with Crippen molar-refractivity contribution < 1.29 is 14.3 Å². The van der Waals surface area contributed by atoms with Gasteiger partial charge in [0.05, 0.1) is 13.2 Å². The molecule has 2 unspecified atom stereocenters. The SMILES string of the molecule is COc1ccccc1C1(CC(=O)n2cccn2)CCOC(C(C)C)C1. The second kappa shape index (κ2) is 7.40. The lowest BCUT2D eigenvalue weighted by Gasteiger charge is -2.42. The number of nitrogens with zero attached hydrogens (tertiary/aromatic N) is 2. The van der Waals surface area contributed by atoms with Gasteiger partial charge in [-0.05, 0) is 30.9 Å². The number of para-hydroxylation sites is 1. The number of carbonyl (C=O) groups is 1. The van der Waals surface area contributed by atoms with Crippen molar-refractivity contribution in [2.75, 3.05) is 13.7 Å². The topological polar surface area (TPSA) is 53.4 Å². The minimum absolute atomic E-state index is 0.000289.